The van der Waals surface area contributed by atoms with Crippen LogP contribution in [0.5, 0.6) is 0 Å². The molecule has 0 heterocycles. The Morgan fingerprint density at radius 2 is 1.85 bits per heavy atom. The Hall–Kier alpha value is -2.05. The second kappa shape index (κ2) is 10.3. The summed E-state index contributed by atoms with van der Waals surface area (Å²) in [6, 6.07) is -0.942. The average Bonchev–Trinajstić information content (AvgIpc) is 3.27. The quantitative estimate of drug-likeness (QED) is 0.254. The van der Waals surface area contributed by atoms with Crippen LogP contribution >= 0.6 is 0 Å². The van der Waals surface area contributed by atoms with Crippen molar-refractivity contribution in [2.24, 2.45) is 5.92 Å². The lowest BCUT2D eigenvalue weighted by atomic mass is 9.99. The van der Waals surface area contributed by atoms with Gasteiger partial charge in [-0.05, 0) is 51.9 Å². The first-order chi connectivity index (χ1) is 12.9. The topological polar surface area (TPSA) is 118 Å². The fourth-order valence-corrected chi connectivity index (χ4v) is 3.29. The van der Waals surface area contributed by atoms with E-state index in [1.807, 2.05) is 0 Å². The van der Waals surface area contributed by atoms with Crippen LogP contribution in [0.15, 0.2) is 0 Å². The Kier molecular flexibility index (Phi) is 8.13. The molecule has 2 aliphatic carbocycles. The van der Waals surface area contributed by atoms with Gasteiger partial charge in [-0.3, -0.25) is 9.59 Å². The molecule has 0 unspecified atom stereocenters. The maximum atomic E-state index is 12.9. The van der Waals surface area contributed by atoms with E-state index < -0.39 is 23.9 Å². The number of carbonyl (C=O) groups excluding carboxylic acids is 3. The molecule has 2 rings (SSSR count). The van der Waals surface area contributed by atoms with E-state index in [4.69, 9.17) is 15.0 Å². The van der Waals surface area contributed by atoms with E-state index in [9.17, 15) is 14.4 Å². The molecular weight excluding hydrogens is 350 g/mol. The van der Waals surface area contributed by atoms with Crippen LogP contribution in [0.1, 0.15) is 65.2 Å². The average molecular weight is 379 g/mol. The number of nitrogens with zero attached hydrogens (tertiary/aromatic N) is 2. The van der Waals surface area contributed by atoms with Crippen molar-refractivity contribution in [3.63, 3.8) is 0 Å². The number of ether oxygens (including phenoxy) is 2. The summed E-state index contributed by atoms with van der Waals surface area (Å²) < 4.78 is 11.2. The van der Waals surface area contributed by atoms with Gasteiger partial charge in [0, 0.05) is 6.42 Å². The van der Waals surface area contributed by atoms with Gasteiger partial charge in [0.2, 0.25) is 11.7 Å². The Bertz CT molecular complexity index is 590. The van der Waals surface area contributed by atoms with Crippen LogP contribution in [-0.4, -0.2) is 53.0 Å². The van der Waals surface area contributed by atoms with Gasteiger partial charge in [-0.25, -0.2) is 4.79 Å². The van der Waals surface area contributed by atoms with Crippen molar-refractivity contribution in [1.29, 1.82) is 0 Å². The molecule has 0 aromatic rings. The van der Waals surface area contributed by atoms with E-state index in [0.29, 0.717) is 0 Å². The monoisotopic (exact) mass is 379 g/mol. The minimum Gasteiger partial charge on any atom is -0.461 e. The fourth-order valence-electron chi connectivity index (χ4n) is 3.29. The molecule has 150 valence electrons. The van der Waals surface area contributed by atoms with Crippen molar-refractivity contribution in [3.8, 4) is 0 Å². The van der Waals surface area contributed by atoms with E-state index in [1.165, 1.54) is 0 Å². The van der Waals surface area contributed by atoms with Gasteiger partial charge in [0.25, 0.3) is 0 Å². The number of carbonyl (C=O) groups is 3. The second-order valence-corrected chi connectivity index (χ2v) is 7.60. The molecule has 8 nitrogen and oxygen atoms in total. The number of ketones is 1. The molecule has 0 aliphatic heterocycles. The Morgan fingerprint density at radius 3 is 2.41 bits per heavy atom. The van der Waals surface area contributed by atoms with Crippen molar-refractivity contribution in [3.05, 3.63) is 5.53 Å². The van der Waals surface area contributed by atoms with Gasteiger partial charge in [0.15, 0.2) is 0 Å². The predicted molar refractivity (Wildman–Crippen MR) is 96.9 cm³/mol. The number of hydrogen-bond acceptors (Lipinski definition) is 5. The third kappa shape index (κ3) is 7.23. The highest BCUT2D eigenvalue weighted by atomic mass is 16.5. The standard InChI is InChI=1S/C19H29N3O5/c1-12(2)26-19(25)16(10-7-14(23)11-21-20)22-18(24)17(27-15-8-9-15)13-5-3-4-6-13/h11-13,15-17H,3-10H2,1-2H3,(H,22,24)/t16-,17-/m0/s1. The summed E-state index contributed by atoms with van der Waals surface area (Å²) in [4.78, 5) is 39.5. The van der Waals surface area contributed by atoms with Crippen molar-refractivity contribution in [2.45, 2.75) is 89.6 Å². The molecule has 2 fully saturated rings. The number of Topliss-reactive ketones (excluding diaryl/α,β-unsaturated/α-hetero) is 1. The summed E-state index contributed by atoms with van der Waals surface area (Å²) >= 11 is 0. The summed E-state index contributed by atoms with van der Waals surface area (Å²) in [7, 11) is 0. The Morgan fingerprint density at radius 1 is 1.19 bits per heavy atom. The molecule has 8 heteroatoms. The number of amides is 1. The lowest BCUT2D eigenvalue weighted by Gasteiger charge is -2.26. The molecule has 0 radical (unpaired) electrons. The molecule has 1 amide bonds. The molecular formula is C19H29N3O5. The third-order valence-electron chi connectivity index (χ3n) is 4.78. The van der Waals surface area contributed by atoms with E-state index in [-0.39, 0.29) is 36.9 Å². The van der Waals surface area contributed by atoms with E-state index in [2.05, 4.69) is 10.1 Å². The molecule has 0 saturated heterocycles. The Labute approximate surface area is 159 Å². The molecule has 0 bridgehead atoms. The zero-order chi connectivity index (χ0) is 19.8. The zero-order valence-electron chi connectivity index (χ0n) is 16.1. The van der Waals surface area contributed by atoms with Gasteiger partial charge in [0.1, 0.15) is 12.1 Å². The maximum Gasteiger partial charge on any atom is 0.328 e. The van der Waals surface area contributed by atoms with Gasteiger partial charge in [0.05, 0.1) is 12.2 Å². The van der Waals surface area contributed by atoms with Crippen LogP contribution in [0.25, 0.3) is 5.53 Å². The largest absolute Gasteiger partial charge is 0.461 e. The second-order valence-electron chi connectivity index (χ2n) is 7.60. The van der Waals surface area contributed by atoms with E-state index in [1.54, 1.807) is 13.8 Å². The van der Waals surface area contributed by atoms with Gasteiger partial charge >= 0.3 is 12.2 Å². The first-order valence-electron chi connectivity index (χ1n) is 9.77. The molecule has 0 aromatic carbocycles. The maximum absolute atomic E-state index is 12.9. The molecule has 0 spiro atoms. The summed E-state index contributed by atoms with van der Waals surface area (Å²) in [6.07, 6.45) is 6.01. The molecule has 27 heavy (non-hydrogen) atoms. The van der Waals surface area contributed by atoms with Gasteiger partial charge in [-0.1, -0.05) is 12.8 Å². The van der Waals surface area contributed by atoms with Crippen molar-refractivity contribution >= 4 is 23.9 Å². The van der Waals surface area contributed by atoms with Gasteiger partial charge in [-0.2, -0.15) is 4.79 Å². The van der Waals surface area contributed by atoms with E-state index in [0.717, 1.165) is 44.7 Å². The number of nitrogens with one attached hydrogen (secondary N) is 1. The van der Waals surface area contributed by atoms with Crippen LogP contribution in [0.3, 0.4) is 0 Å². The highest BCUT2D eigenvalue weighted by Gasteiger charge is 2.38. The lowest BCUT2D eigenvalue weighted by molar-refractivity contribution is -0.154. The van der Waals surface area contributed by atoms with Crippen molar-refractivity contribution in [1.82, 2.24) is 5.32 Å². The SMILES string of the molecule is CC(C)OC(=O)[C@H](CCC(=O)C=[N+]=[N-])NC(=O)[C@@H](OC1CC1)C1CCCC1. The smallest absolute Gasteiger partial charge is 0.328 e. The molecule has 2 saturated carbocycles. The van der Waals surface area contributed by atoms with E-state index >= 15 is 0 Å². The summed E-state index contributed by atoms with van der Waals surface area (Å²) in [6.45, 7) is 3.44. The first-order valence-corrected chi connectivity index (χ1v) is 9.77. The molecule has 1 N–H and O–H groups in total. The summed E-state index contributed by atoms with van der Waals surface area (Å²) in [5, 5.41) is 2.73. The Balaban J connectivity index is 2.02. The lowest BCUT2D eigenvalue weighted by Crippen LogP contribution is -2.49. The van der Waals surface area contributed by atoms with Crippen molar-refractivity contribution in [2.75, 3.05) is 0 Å². The zero-order valence-corrected chi connectivity index (χ0v) is 16.1. The predicted octanol–water partition coefficient (Wildman–Crippen LogP) is 1.81. The van der Waals surface area contributed by atoms with Crippen LogP contribution in [0.2, 0.25) is 0 Å². The number of hydrogen-bond donors (Lipinski definition) is 1. The van der Waals surface area contributed by atoms with Crippen LogP contribution in [-0.2, 0) is 23.9 Å². The van der Waals surface area contributed by atoms with Crippen LogP contribution in [0, 0.1) is 5.92 Å². The number of rotatable bonds is 11. The molecule has 2 atom stereocenters. The van der Waals surface area contributed by atoms with Gasteiger partial charge < -0.3 is 20.3 Å². The van der Waals surface area contributed by atoms with Gasteiger partial charge in [-0.15, -0.1) is 0 Å². The van der Waals surface area contributed by atoms with Crippen molar-refractivity contribution < 1.29 is 28.6 Å². The normalized spacial score (nSPS) is 19.2. The molecule has 2 aliphatic rings. The highest BCUT2D eigenvalue weighted by Crippen LogP contribution is 2.34. The minimum atomic E-state index is -0.942. The minimum absolute atomic E-state index is 0.0419. The first kappa shape index (κ1) is 21.3. The fraction of sp³-hybridized carbons (Fsp3) is 0.789. The number of esters is 1. The third-order valence-corrected chi connectivity index (χ3v) is 4.78. The molecule has 0 aromatic heterocycles. The summed E-state index contributed by atoms with van der Waals surface area (Å²) in [5.74, 6) is -1.17. The highest BCUT2D eigenvalue weighted by molar-refractivity contribution is 6.25. The van der Waals surface area contributed by atoms with Crippen LogP contribution < -0.4 is 5.32 Å². The summed E-state index contributed by atoms with van der Waals surface area (Å²) in [5.41, 5.74) is 8.43. The van der Waals surface area contributed by atoms with Crippen LogP contribution in [0.4, 0.5) is 0 Å².